The molecule has 1 rings (SSSR count). The van der Waals surface area contributed by atoms with Gasteiger partial charge in [0.2, 0.25) is 5.91 Å². The van der Waals surface area contributed by atoms with Gasteiger partial charge in [-0.25, -0.2) is 0 Å². The molecule has 2 unspecified atom stereocenters. The fraction of sp³-hybridized carbons (Fsp3) is 0.933. The van der Waals surface area contributed by atoms with E-state index in [9.17, 15) is 4.79 Å². The van der Waals surface area contributed by atoms with E-state index in [0.717, 1.165) is 32.4 Å². The van der Waals surface area contributed by atoms with E-state index in [2.05, 4.69) is 32.6 Å². The third kappa shape index (κ3) is 3.47. The third-order valence-electron chi connectivity index (χ3n) is 4.22. The average molecular weight is 255 g/mol. The molecular formula is C15H29NO2. The van der Waals surface area contributed by atoms with Gasteiger partial charge in [-0.1, -0.05) is 27.7 Å². The summed E-state index contributed by atoms with van der Waals surface area (Å²) < 4.78 is 5.24. The van der Waals surface area contributed by atoms with Crippen LogP contribution < -0.4 is 0 Å². The van der Waals surface area contributed by atoms with E-state index >= 15 is 0 Å². The Kier molecular flexibility index (Phi) is 6.13. The molecule has 0 aromatic carbocycles. The largest absolute Gasteiger partial charge is 0.384 e. The van der Waals surface area contributed by atoms with Crippen LogP contribution in [0.4, 0.5) is 0 Å². The number of methoxy groups -OCH3 is 1. The topological polar surface area (TPSA) is 29.5 Å². The predicted molar refractivity (Wildman–Crippen MR) is 74.4 cm³/mol. The number of amides is 1. The minimum atomic E-state index is 0.181. The summed E-state index contributed by atoms with van der Waals surface area (Å²) in [6.07, 6.45) is 3.10. The first-order chi connectivity index (χ1) is 8.54. The molecule has 0 aromatic heterocycles. The first-order valence-electron chi connectivity index (χ1n) is 7.34. The van der Waals surface area contributed by atoms with Gasteiger partial charge in [-0.3, -0.25) is 4.79 Å². The molecule has 3 heteroatoms. The Morgan fingerprint density at radius 3 is 2.50 bits per heavy atom. The van der Waals surface area contributed by atoms with Crippen LogP contribution in [0.1, 0.15) is 47.0 Å². The Labute approximate surface area is 112 Å². The second kappa shape index (κ2) is 7.13. The molecule has 0 aromatic rings. The molecule has 1 amide bonds. The van der Waals surface area contributed by atoms with Crippen molar-refractivity contribution in [3.05, 3.63) is 0 Å². The molecule has 1 heterocycles. The molecule has 3 atom stereocenters. The maximum Gasteiger partial charge on any atom is 0.226 e. The number of rotatable bonds is 6. The SMILES string of the molecule is CCC(C(=O)N1CC(COC)C[C@H]1CC)C(C)C. The van der Waals surface area contributed by atoms with E-state index in [4.69, 9.17) is 4.74 Å². The van der Waals surface area contributed by atoms with Crippen LogP contribution in [0.2, 0.25) is 0 Å². The van der Waals surface area contributed by atoms with Crippen molar-refractivity contribution in [3.8, 4) is 0 Å². The lowest BCUT2D eigenvalue weighted by atomic mass is 9.91. The Morgan fingerprint density at radius 2 is 2.06 bits per heavy atom. The van der Waals surface area contributed by atoms with Gasteiger partial charge in [0.15, 0.2) is 0 Å². The van der Waals surface area contributed by atoms with Crippen molar-refractivity contribution in [1.82, 2.24) is 4.90 Å². The second-order valence-electron chi connectivity index (χ2n) is 5.87. The van der Waals surface area contributed by atoms with E-state index in [1.54, 1.807) is 7.11 Å². The standard InChI is InChI=1S/C15H29NO2/c1-6-13-8-12(10-18-5)9-16(13)15(17)14(7-2)11(3)4/h11-14H,6-10H2,1-5H3/t12?,13-,14?/m1/s1. The highest BCUT2D eigenvalue weighted by molar-refractivity contribution is 5.79. The number of ether oxygens (including phenoxy) is 1. The third-order valence-corrected chi connectivity index (χ3v) is 4.22. The van der Waals surface area contributed by atoms with Crippen molar-refractivity contribution < 1.29 is 9.53 Å². The highest BCUT2D eigenvalue weighted by Crippen LogP contribution is 2.29. The summed E-state index contributed by atoms with van der Waals surface area (Å²) in [6.45, 7) is 10.3. The van der Waals surface area contributed by atoms with Crippen molar-refractivity contribution in [2.45, 2.75) is 53.0 Å². The molecule has 1 saturated heterocycles. The van der Waals surface area contributed by atoms with Crippen molar-refractivity contribution in [1.29, 1.82) is 0 Å². The van der Waals surface area contributed by atoms with Gasteiger partial charge < -0.3 is 9.64 Å². The monoisotopic (exact) mass is 255 g/mol. The molecule has 18 heavy (non-hydrogen) atoms. The number of nitrogens with zero attached hydrogens (tertiary/aromatic N) is 1. The van der Waals surface area contributed by atoms with Crippen LogP contribution in [0.25, 0.3) is 0 Å². The van der Waals surface area contributed by atoms with Crippen LogP contribution >= 0.6 is 0 Å². The molecule has 106 valence electrons. The number of carbonyl (C=O) groups is 1. The lowest BCUT2D eigenvalue weighted by Gasteiger charge is -2.29. The van der Waals surface area contributed by atoms with Gasteiger partial charge in [-0.2, -0.15) is 0 Å². The van der Waals surface area contributed by atoms with Crippen molar-refractivity contribution in [3.63, 3.8) is 0 Å². The van der Waals surface area contributed by atoms with Gasteiger partial charge in [0.05, 0.1) is 6.61 Å². The Balaban J connectivity index is 2.71. The fourth-order valence-electron chi connectivity index (χ4n) is 3.17. The summed E-state index contributed by atoms with van der Waals surface area (Å²) in [4.78, 5) is 14.7. The molecule has 0 saturated carbocycles. The number of hydrogen-bond acceptors (Lipinski definition) is 2. The minimum absolute atomic E-state index is 0.181. The maximum absolute atomic E-state index is 12.6. The molecule has 0 radical (unpaired) electrons. The van der Waals surface area contributed by atoms with E-state index in [1.165, 1.54) is 0 Å². The van der Waals surface area contributed by atoms with Gasteiger partial charge in [-0.05, 0) is 25.2 Å². The van der Waals surface area contributed by atoms with Crippen LogP contribution in [0.3, 0.4) is 0 Å². The molecule has 0 spiro atoms. The molecule has 1 aliphatic rings. The van der Waals surface area contributed by atoms with Gasteiger partial charge in [0.1, 0.15) is 0 Å². The lowest BCUT2D eigenvalue weighted by Crippen LogP contribution is -2.41. The van der Waals surface area contributed by atoms with Crippen molar-refractivity contribution >= 4 is 5.91 Å². The number of likely N-dealkylation sites (tertiary alicyclic amines) is 1. The van der Waals surface area contributed by atoms with Gasteiger partial charge in [0, 0.05) is 31.5 Å². The first kappa shape index (κ1) is 15.5. The van der Waals surface area contributed by atoms with Crippen molar-refractivity contribution in [2.75, 3.05) is 20.3 Å². The molecule has 1 aliphatic heterocycles. The van der Waals surface area contributed by atoms with Crippen LogP contribution in [0.15, 0.2) is 0 Å². The second-order valence-corrected chi connectivity index (χ2v) is 5.87. The number of hydrogen-bond donors (Lipinski definition) is 0. The minimum Gasteiger partial charge on any atom is -0.384 e. The maximum atomic E-state index is 12.6. The van der Waals surface area contributed by atoms with Gasteiger partial charge >= 0.3 is 0 Å². The normalized spacial score (nSPS) is 25.8. The lowest BCUT2D eigenvalue weighted by molar-refractivity contribution is -0.138. The summed E-state index contributed by atoms with van der Waals surface area (Å²) in [7, 11) is 1.74. The summed E-state index contributed by atoms with van der Waals surface area (Å²) in [5.41, 5.74) is 0. The zero-order valence-electron chi connectivity index (χ0n) is 12.6. The highest BCUT2D eigenvalue weighted by atomic mass is 16.5. The Hall–Kier alpha value is -0.570. The molecular weight excluding hydrogens is 226 g/mol. The van der Waals surface area contributed by atoms with E-state index in [-0.39, 0.29) is 5.92 Å². The quantitative estimate of drug-likeness (QED) is 0.730. The van der Waals surface area contributed by atoms with Crippen LogP contribution in [-0.2, 0) is 9.53 Å². The summed E-state index contributed by atoms with van der Waals surface area (Å²) in [6, 6.07) is 0.422. The predicted octanol–water partition coefficient (Wildman–Crippen LogP) is 2.94. The smallest absolute Gasteiger partial charge is 0.226 e. The average Bonchev–Trinajstić information content (AvgIpc) is 2.73. The van der Waals surface area contributed by atoms with Gasteiger partial charge in [0.25, 0.3) is 0 Å². The molecule has 3 nitrogen and oxygen atoms in total. The zero-order chi connectivity index (χ0) is 13.7. The Bertz CT molecular complexity index is 265. The highest BCUT2D eigenvalue weighted by Gasteiger charge is 2.37. The van der Waals surface area contributed by atoms with Crippen molar-refractivity contribution in [2.24, 2.45) is 17.8 Å². The molecule has 0 bridgehead atoms. The number of carbonyl (C=O) groups excluding carboxylic acids is 1. The van der Waals surface area contributed by atoms with Gasteiger partial charge in [-0.15, -0.1) is 0 Å². The first-order valence-corrected chi connectivity index (χ1v) is 7.34. The van der Waals surface area contributed by atoms with E-state index < -0.39 is 0 Å². The molecule has 0 aliphatic carbocycles. The van der Waals surface area contributed by atoms with E-state index in [0.29, 0.717) is 23.8 Å². The summed E-state index contributed by atoms with van der Waals surface area (Å²) >= 11 is 0. The summed E-state index contributed by atoms with van der Waals surface area (Å²) in [5.74, 6) is 1.49. The van der Waals surface area contributed by atoms with E-state index in [1.807, 2.05) is 0 Å². The molecule has 0 N–H and O–H groups in total. The van der Waals surface area contributed by atoms with Crippen LogP contribution in [0, 0.1) is 17.8 Å². The fourth-order valence-corrected chi connectivity index (χ4v) is 3.17. The Morgan fingerprint density at radius 1 is 1.39 bits per heavy atom. The molecule has 1 fully saturated rings. The zero-order valence-corrected chi connectivity index (χ0v) is 12.6. The van der Waals surface area contributed by atoms with Crippen LogP contribution in [0.5, 0.6) is 0 Å². The van der Waals surface area contributed by atoms with Crippen LogP contribution in [-0.4, -0.2) is 37.1 Å². The summed E-state index contributed by atoms with van der Waals surface area (Å²) in [5, 5.41) is 0.